The molecule has 2 heteroatoms. The normalized spacial score (nSPS) is 10.4. The van der Waals surface area contributed by atoms with E-state index in [1.807, 2.05) is 13.8 Å². The minimum atomic E-state index is 0.103. The van der Waals surface area contributed by atoms with Gasteiger partial charge in [0.05, 0.1) is 0 Å². The second-order valence-electron chi connectivity index (χ2n) is 4.54. The van der Waals surface area contributed by atoms with Crippen LogP contribution in [-0.2, 0) is 6.42 Å². The zero-order valence-corrected chi connectivity index (χ0v) is 11.3. The topological polar surface area (TPSA) is 17.1 Å². The van der Waals surface area contributed by atoms with Crippen molar-refractivity contribution in [3.8, 4) is 0 Å². The number of halogens is 1. The van der Waals surface area contributed by atoms with E-state index in [9.17, 15) is 4.79 Å². The van der Waals surface area contributed by atoms with Gasteiger partial charge >= 0.3 is 0 Å². The van der Waals surface area contributed by atoms with Crippen molar-refractivity contribution in [1.82, 2.24) is 0 Å². The number of Topliss-reactive ketones (excluding diaryl/α,β-unsaturated/α-hetero) is 1. The molecule has 0 saturated heterocycles. The van der Waals surface area contributed by atoms with Gasteiger partial charge in [0.15, 0.2) is 5.78 Å². The number of hydrogen-bond donors (Lipinski definition) is 0. The molecule has 0 amide bonds. The quantitative estimate of drug-likeness (QED) is 0.747. The SMILES string of the molecule is Cc1ccc(C)c(CC(=O)c2cccc(Cl)c2)c1. The second kappa shape index (κ2) is 5.36. The van der Waals surface area contributed by atoms with Gasteiger partial charge in [-0.15, -0.1) is 0 Å². The summed E-state index contributed by atoms with van der Waals surface area (Å²) in [5, 5.41) is 0.599. The molecule has 0 unspecified atom stereocenters. The van der Waals surface area contributed by atoms with Gasteiger partial charge in [0, 0.05) is 17.0 Å². The van der Waals surface area contributed by atoms with Gasteiger partial charge in [-0.1, -0.05) is 47.5 Å². The van der Waals surface area contributed by atoms with Crippen LogP contribution in [-0.4, -0.2) is 5.78 Å². The lowest BCUT2D eigenvalue weighted by Gasteiger charge is -2.07. The molecule has 0 aliphatic carbocycles. The van der Waals surface area contributed by atoms with Crippen molar-refractivity contribution in [2.75, 3.05) is 0 Å². The molecule has 2 aromatic rings. The predicted molar refractivity (Wildman–Crippen MR) is 75.4 cm³/mol. The summed E-state index contributed by atoms with van der Waals surface area (Å²) >= 11 is 5.90. The number of aryl methyl sites for hydroxylation is 2. The van der Waals surface area contributed by atoms with Crippen molar-refractivity contribution in [3.63, 3.8) is 0 Å². The highest BCUT2D eigenvalue weighted by atomic mass is 35.5. The molecule has 0 N–H and O–H groups in total. The molecule has 0 aliphatic rings. The van der Waals surface area contributed by atoms with Gasteiger partial charge in [0.25, 0.3) is 0 Å². The van der Waals surface area contributed by atoms with Gasteiger partial charge in [-0.3, -0.25) is 4.79 Å². The molecule has 18 heavy (non-hydrogen) atoms. The minimum Gasteiger partial charge on any atom is -0.294 e. The van der Waals surface area contributed by atoms with Gasteiger partial charge in [-0.25, -0.2) is 0 Å². The molecular weight excluding hydrogens is 244 g/mol. The molecular formula is C16H15ClO. The Labute approximate surface area is 112 Å². The van der Waals surface area contributed by atoms with Gasteiger partial charge in [0.1, 0.15) is 0 Å². The first-order valence-corrected chi connectivity index (χ1v) is 6.29. The monoisotopic (exact) mass is 258 g/mol. The van der Waals surface area contributed by atoms with Crippen LogP contribution in [0.25, 0.3) is 0 Å². The molecule has 0 aromatic heterocycles. The lowest BCUT2D eigenvalue weighted by Crippen LogP contribution is -2.05. The van der Waals surface area contributed by atoms with Crippen molar-refractivity contribution in [1.29, 1.82) is 0 Å². The molecule has 1 nitrogen and oxygen atoms in total. The fourth-order valence-corrected chi connectivity index (χ4v) is 2.12. The molecule has 0 radical (unpaired) electrons. The van der Waals surface area contributed by atoms with E-state index in [2.05, 4.69) is 18.2 Å². The molecule has 0 bridgehead atoms. The standard InChI is InChI=1S/C16H15ClO/c1-11-6-7-12(2)14(8-11)10-16(18)13-4-3-5-15(17)9-13/h3-9H,10H2,1-2H3. The van der Waals surface area contributed by atoms with Crippen LogP contribution in [0.3, 0.4) is 0 Å². The summed E-state index contributed by atoms with van der Waals surface area (Å²) in [4.78, 5) is 12.2. The molecule has 92 valence electrons. The van der Waals surface area contributed by atoms with Crippen LogP contribution in [0.1, 0.15) is 27.0 Å². The maximum absolute atomic E-state index is 12.2. The van der Waals surface area contributed by atoms with E-state index in [4.69, 9.17) is 11.6 Å². The Morgan fingerprint density at radius 2 is 1.89 bits per heavy atom. The summed E-state index contributed by atoms with van der Waals surface area (Å²) < 4.78 is 0. The number of carbonyl (C=O) groups is 1. The minimum absolute atomic E-state index is 0.103. The Bertz CT molecular complexity index is 587. The summed E-state index contributed by atoms with van der Waals surface area (Å²) in [5.41, 5.74) is 4.08. The van der Waals surface area contributed by atoms with E-state index in [0.29, 0.717) is 17.0 Å². The van der Waals surface area contributed by atoms with Crippen molar-refractivity contribution in [3.05, 3.63) is 69.7 Å². The molecule has 0 aliphatic heterocycles. The average molecular weight is 259 g/mol. The maximum Gasteiger partial charge on any atom is 0.167 e. The maximum atomic E-state index is 12.2. The van der Waals surface area contributed by atoms with Gasteiger partial charge in [-0.05, 0) is 37.1 Å². The van der Waals surface area contributed by atoms with E-state index >= 15 is 0 Å². The largest absolute Gasteiger partial charge is 0.294 e. The number of ketones is 1. The fraction of sp³-hybridized carbons (Fsp3) is 0.188. The Hall–Kier alpha value is -1.60. The highest BCUT2D eigenvalue weighted by Crippen LogP contribution is 2.16. The average Bonchev–Trinajstić information content (AvgIpc) is 2.34. The number of rotatable bonds is 3. The lowest BCUT2D eigenvalue weighted by atomic mass is 9.98. The number of carbonyl (C=O) groups excluding carboxylic acids is 1. The van der Waals surface area contributed by atoms with Gasteiger partial charge < -0.3 is 0 Å². The van der Waals surface area contributed by atoms with E-state index < -0.39 is 0 Å². The summed E-state index contributed by atoms with van der Waals surface area (Å²) in [7, 11) is 0. The van der Waals surface area contributed by atoms with Crippen LogP contribution in [0.4, 0.5) is 0 Å². The molecule has 0 saturated carbocycles. The van der Waals surface area contributed by atoms with Crippen LogP contribution in [0.2, 0.25) is 5.02 Å². The Morgan fingerprint density at radius 1 is 1.11 bits per heavy atom. The molecule has 0 spiro atoms. The highest BCUT2D eigenvalue weighted by molar-refractivity contribution is 6.31. The first-order valence-electron chi connectivity index (χ1n) is 5.91. The zero-order chi connectivity index (χ0) is 13.1. The van der Waals surface area contributed by atoms with E-state index in [1.165, 1.54) is 5.56 Å². The van der Waals surface area contributed by atoms with Gasteiger partial charge in [0.2, 0.25) is 0 Å². The van der Waals surface area contributed by atoms with E-state index in [0.717, 1.165) is 11.1 Å². The molecule has 2 aromatic carbocycles. The van der Waals surface area contributed by atoms with Crippen LogP contribution in [0.15, 0.2) is 42.5 Å². The summed E-state index contributed by atoms with van der Waals surface area (Å²) in [6, 6.07) is 13.3. The molecule has 2 rings (SSSR count). The fourth-order valence-electron chi connectivity index (χ4n) is 1.93. The summed E-state index contributed by atoms with van der Waals surface area (Å²) in [6.45, 7) is 4.06. The third kappa shape index (κ3) is 2.99. The van der Waals surface area contributed by atoms with Crippen LogP contribution < -0.4 is 0 Å². The lowest BCUT2D eigenvalue weighted by molar-refractivity contribution is 0.0993. The smallest absolute Gasteiger partial charge is 0.167 e. The molecule has 0 atom stereocenters. The Balaban J connectivity index is 2.24. The van der Waals surface area contributed by atoms with Crippen LogP contribution in [0, 0.1) is 13.8 Å². The highest BCUT2D eigenvalue weighted by Gasteiger charge is 2.09. The Kier molecular flexibility index (Phi) is 3.83. The number of hydrogen-bond acceptors (Lipinski definition) is 1. The molecule has 0 fully saturated rings. The summed E-state index contributed by atoms with van der Waals surface area (Å²) in [6.07, 6.45) is 0.424. The van der Waals surface area contributed by atoms with E-state index in [1.54, 1.807) is 24.3 Å². The number of benzene rings is 2. The zero-order valence-electron chi connectivity index (χ0n) is 10.5. The third-order valence-corrected chi connectivity index (χ3v) is 3.24. The second-order valence-corrected chi connectivity index (χ2v) is 4.98. The van der Waals surface area contributed by atoms with Crippen molar-refractivity contribution in [2.45, 2.75) is 20.3 Å². The first kappa shape index (κ1) is 12.8. The Morgan fingerprint density at radius 3 is 2.61 bits per heavy atom. The van der Waals surface area contributed by atoms with Crippen molar-refractivity contribution in [2.24, 2.45) is 0 Å². The van der Waals surface area contributed by atoms with Crippen LogP contribution >= 0.6 is 11.6 Å². The van der Waals surface area contributed by atoms with E-state index in [-0.39, 0.29) is 5.78 Å². The van der Waals surface area contributed by atoms with Crippen molar-refractivity contribution < 1.29 is 4.79 Å². The molecule has 0 heterocycles. The van der Waals surface area contributed by atoms with Crippen molar-refractivity contribution >= 4 is 17.4 Å². The van der Waals surface area contributed by atoms with Crippen LogP contribution in [0.5, 0.6) is 0 Å². The third-order valence-electron chi connectivity index (χ3n) is 3.00. The first-order chi connectivity index (χ1) is 8.56. The van der Waals surface area contributed by atoms with Gasteiger partial charge in [-0.2, -0.15) is 0 Å². The summed E-state index contributed by atoms with van der Waals surface area (Å²) in [5.74, 6) is 0.103. The predicted octanol–water partition coefficient (Wildman–Crippen LogP) is 4.38.